The molecule has 31 heavy (non-hydrogen) atoms. The van der Waals surface area contributed by atoms with Gasteiger partial charge in [0.1, 0.15) is 12.7 Å². The Kier molecular flexibility index (Phi) is 8.16. The monoisotopic (exact) mass is 444 g/mol. The number of ether oxygens (including phenoxy) is 1. The van der Waals surface area contributed by atoms with Crippen LogP contribution in [0.3, 0.4) is 0 Å². The van der Waals surface area contributed by atoms with Gasteiger partial charge in [-0.2, -0.15) is 13.2 Å². The van der Waals surface area contributed by atoms with Crippen molar-refractivity contribution in [1.29, 1.82) is 0 Å². The largest absolute Gasteiger partial charge is 0.422 e. The molecule has 0 aromatic carbocycles. The number of amides is 1. The van der Waals surface area contributed by atoms with Crippen molar-refractivity contribution < 1.29 is 32.3 Å². The Bertz CT molecular complexity index is 751. The van der Waals surface area contributed by atoms with Gasteiger partial charge in [0.2, 0.25) is 17.8 Å². The minimum atomic E-state index is -4.47. The molecule has 0 radical (unpaired) electrons. The van der Waals surface area contributed by atoms with Crippen LogP contribution in [0.2, 0.25) is 0 Å². The van der Waals surface area contributed by atoms with Crippen LogP contribution in [0.1, 0.15) is 55.8 Å². The van der Waals surface area contributed by atoms with Crippen molar-refractivity contribution in [2.24, 2.45) is 5.92 Å². The molecule has 0 aliphatic carbocycles. The summed E-state index contributed by atoms with van der Waals surface area (Å²) >= 11 is 0. The molecule has 1 aromatic heterocycles. The number of aromatic nitrogens is 1. The van der Waals surface area contributed by atoms with Gasteiger partial charge < -0.3 is 15.0 Å². The quantitative estimate of drug-likeness (QED) is 0.495. The molecule has 1 N–H and O–H groups in total. The normalized spacial score (nSPS) is 18.5. The molecule has 6 nitrogen and oxygen atoms in total. The summed E-state index contributed by atoms with van der Waals surface area (Å²) in [6, 6.07) is 1.63. The van der Waals surface area contributed by atoms with E-state index in [1.807, 2.05) is 6.92 Å². The highest BCUT2D eigenvalue weighted by Crippen LogP contribution is 2.31. The van der Waals surface area contributed by atoms with Gasteiger partial charge in [-0.25, -0.2) is 0 Å². The zero-order valence-corrected chi connectivity index (χ0v) is 18.3. The molecule has 0 bridgehead atoms. The van der Waals surface area contributed by atoms with Crippen LogP contribution in [0.4, 0.5) is 13.2 Å². The zero-order chi connectivity index (χ0) is 22.4. The molecular weight excluding hydrogens is 411 g/mol. The average molecular weight is 445 g/mol. The van der Waals surface area contributed by atoms with E-state index in [0.29, 0.717) is 30.3 Å². The minimum absolute atomic E-state index is 0.0283. The summed E-state index contributed by atoms with van der Waals surface area (Å²) in [5.74, 6) is -0.0843. The lowest BCUT2D eigenvalue weighted by Gasteiger charge is -2.30. The fraction of sp³-hybridized carbons (Fsp3) is 0.727. The second-order valence-corrected chi connectivity index (χ2v) is 8.30. The Morgan fingerprint density at radius 2 is 2.13 bits per heavy atom. The Labute approximate surface area is 181 Å². The Hall–Kier alpha value is -1.87. The van der Waals surface area contributed by atoms with Gasteiger partial charge >= 0.3 is 6.18 Å². The van der Waals surface area contributed by atoms with Crippen molar-refractivity contribution in [2.45, 2.75) is 64.2 Å². The first-order valence-corrected chi connectivity index (χ1v) is 11.1. The van der Waals surface area contributed by atoms with Crippen LogP contribution < -0.4 is 14.9 Å². The summed E-state index contributed by atoms with van der Waals surface area (Å²) in [5, 5.41) is 3.54. The van der Waals surface area contributed by atoms with Crippen LogP contribution in [0.25, 0.3) is 0 Å². The fourth-order valence-corrected chi connectivity index (χ4v) is 4.41. The third-order valence-electron chi connectivity index (χ3n) is 6.26. The van der Waals surface area contributed by atoms with E-state index in [4.69, 9.17) is 9.57 Å². The smallest absolute Gasteiger partial charge is 0.381 e. The van der Waals surface area contributed by atoms with Gasteiger partial charge in [-0.1, -0.05) is 6.92 Å². The SMILES string of the molecule is CCC(CCCNC1CCOCC1)C(=O)N1CCc2c(cc(C(F)(F)F)c[n+]2OC)C1. The summed E-state index contributed by atoms with van der Waals surface area (Å²) in [6.45, 7) is 5.11. The lowest BCUT2D eigenvalue weighted by molar-refractivity contribution is -0.891. The number of fused-ring (bicyclic) bond motifs is 1. The molecule has 1 fully saturated rings. The second kappa shape index (κ2) is 10.6. The molecule has 9 heteroatoms. The van der Waals surface area contributed by atoms with E-state index < -0.39 is 11.7 Å². The summed E-state index contributed by atoms with van der Waals surface area (Å²) in [4.78, 5) is 19.9. The summed E-state index contributed by atoms with van der Waals surface area (Å²) < 4.78 is 46.3. The Balaban J connectivity index is 1.59. The maximum absolute atomic E-state index is 13.3. The number of pyridine rings is 1. The number of hydrogen-bond acceptors (Lipinski definition) is 4. The molecule has 2 aliphatic heterocycles. The van der Waals surface area contributed by atoms with Gasteiger partial charge in [-0.05, 0) is 44.7 Å². The lowest BCUT2D eigenvalue weighted by atomic mass is 9.96. The Morgan fingerprint density at radius 1 is 1.39 bits per heavy atom. The van der Waals surface area contributed by atoms with Crippen molar-refractivity contribution in [1.82, 2.24) is 10.2 Å². The van der Waals surface area contributed by atoms with Crippen LogP contribution >= 0.6 is 0 Å². The molecule has 2 aliphatic rings. The molecule has 3 heterocycles. The van der Waals surface area contributed by atoms with Gasteiger partial charge in [0.15, 0.2) is 0 Å². The van der Waals surface area contributed by atoms with Crippen LogP contribution in [0, 0.1) is 5.92 Å². The van der Waals surface area contributed by atoms with Crippen LogP contribution in [-0.4, -0.2) is 50.3 Å². The highest BCUT2D eigenvalue weighted by molar-refractivity contribution is 5.79. The number of rotatable bonds is 8. The van der Waals surface area contributed by atoms with E-state index in [1.165, 1.54) is 11.8 Å². The van der Waals surface area contributed by atoms with E-state index in [2.05, 4.69) is 5.32 Å². The lowest BCUT2D eigenvalue weighted by Crippen LogP contribution is -2.50. The van der Waals surface area contributed by atoms with Crippen LogP contribution in [-0.2, 0) is 28.7 Å². The van der Waals surface area contributed by atoms with Gasteiger partial charge in [-0.3, -0.25) is 9.63 Å². The van der Waals surface area contributed by atoms with Crippen molar-refractivity contribution in [3.8, 4) is 0 Å². The van der Waals surface area contributed by atoms with Gasteiger partial charge in [0, 0.05) is 42.0 Å². The predicted molar refractivity (Wildman–Crippen MR) is 108 cm³/mol. The molecule has 1 saturated heterocycles. The number of alkyl halides is 3. The number of nitrogens with zero attached hydrogens (tertiary/aromatic N) is 2. The predicted octanol–water partition coefficient (Wildman–Crippen LogP) is 2.51. The molecule has 1 amide bonds. The summed E-state index contributed by atoms with van der Waals surface area (Å²) in [5.41, 5.74) is 0.411. The number of carbonyl (C=O) groups excluding carboxylic acids is 1. The van der Waals surface area contributed by atoms with Gasteiger partial charge in [-0.15, -0.1) is 0 Å². The highest BCUT2D eigenvalue weighted by atomic mass is 19.4. The third-order valence-corrected chi connectivity index (χ3v) is 6.26. The van der Waals surface area contributed by atoms with Crippen molar-refractivity contribution in [3.05, 3.63) is 29.1 Å². The molecule has 0 spiro atoms. The maximum atomic E-state index is 13.3. The van der Waals surface area contributed by atoms with Gasteiger partial charge in [0.05, 0.1) is 13.0 Å². The van der Waals surface area contributed by atoms with E-state index in [-0.39, 0.29) is 18.4 Å². The summed E-state index contributed by atoms with van der Waals surface area (Å²) in [6.07, 6.45) is 1.40. The highest BCUT2D eigenvalue weighted by Gasteiger charge is 2.38. The number of halogens is 3. The number of carbonyl (C=O) groups is 1. The van der Waals surface area contributed by atoms with Gasteiger partial charge in [0.25, 0.3) is 0 Å². The molecule has 3 rings (SSSR count). The molecule has 1 atom stereocenters. The summed E-state index contributed by atoms with van der Waals surface area (Å²) in [7, 11) is 1.35. The molecular formula is C22H33F3N3O3+. The molecule has 1 unspecified atom stereocenters. The van der Waals surface area contributed by atoms with E-state index >= 15 is 0 Å². The van der Waals surface area contributed by atoms with Crippen molar-refractivity contribution in [2.75, 3.05) is 33.4 Å². The minimum Gasteiger partial charge on any atom is -0.381 e. The fourth-order valence-electron chi connectivity index (χ4n) is 4.41. The Morgan fingerprint density at radius 3 is 2.77 bits per heavy atom. The molecule has 174 valence electrons. The topological polar surface area (TPSA) is 54.7 Å². The first-order valence-electron chi connectivity index (χ1n) is 11.1. The molecule has 0 saturated carbocycles. The van der Waals surface area contributed by atoms with Crippen molar-refractivity contribution >= 4 is 5.91 Å². The molecule has 1 aromatic rings. The van der Waals surface area contributed by atoms with E-state index in [9.17, 15) is 18.0 Å². The van der Waals surface area contributed by atoms with Crippen molar-refractivity contribution in [3.63, 3.8) is 0 Å². The number of hydrogen-bond donors (Lipinski definition) is 1. The third kappa shape index (κ3) is 6.10. The average Bonchev–Trinajstić information content (AvgIpc) is 2.77. The zero-order valence-electron chi connectivity index (χ0n) is 18.3. The first-order chi connectivity index (χ1) is 14.8. The maximum Gasteiger partial charge on any atom is 0.422 e. The number of nitrogens with one attached hydrogen (secondary N) is 1. The first kappa shape index (κ1) is 23.8. The van der Waals surface area contributed by atoms with E-state index in [1.54, 1.807) is 4.90 Å². The van der Waals surface area contributed by atoms with Crippen LogP contribution in [0.5, 0.6) is 0 Å². The standard InChI is InChI=1S/C22H33F3N3O3/c1-3-16(5-4-9-26-19-7-11-31-12-8-19)21(29)27-10-6-20-17(14-27)13-18(22(23,24)25)15-28(20)30-2/h13,15-16,19,26H,3-12,14H2,1-2H3/q+1. The van der Waals surface area contributed by atoms with E-state index in [0.717, 1.165) is 64.1 Å². The van der Waals surface area contributed by atoms with Crippen LogP contribution in [0.15, 0.2) is 12.3 Å². The second-order valence-electron chi connectivity index (χ2n) is 8.30.